The van der Waals surface area contributed by atoms with Crippen LogP contribution in [0, 0.1) is 34.0 Å². The van der Waals surface area contributed by atoms with Crippen molar-refractivity contribution in [3.8, 4) is 12.1 Å². The number of allylic oxidation sites excluding steroid dienone is 2. The molecule has 0 amide bonds. The topological polar surface area (TPSA) is 82.8 Å². The number of hydrogen-bond donors (Lipinski definition) is 1. The number of rotatable bonds is 1. The summed E-state index contributed by atoms with van der Waals surface area (Å²) in [6.07, 6.45) is 0. The first-order chi connectivity index (χ1) is 9.90. The molecule has 0 bridgehead atoms. The minimum atomic E-state index is -0.378. The molecular formula is C17H17N3O. The molecule has 4 heteroatoms. The van der Waals surface area contributed by atoms with Crippen molar-refractivity contribution in [2.24, 2.45) is 17.1 Å². The predicted molar refractivity (Wildman–Crippen MR) is 79.8 cm³/mol. The Labute approximate surface area is 124 Å². The van der Waals surface area contributed by atoms with Gasteiger partial charge in [-0.25, -0.2) is 0 Å². The summed E-state index contributed by atoms with van der Waals surface area (Å²) in [5, 5.41) is 19.0. The number of nitrogens with two attached hydrogens (primary N) is 1. The van der Waals surface area contributed by atoms with E-state index in [4.69, 9.17) is 10.5 Å². The summed E-state index contributed by atoms with van der Waals surface area (Å²) in [5.41, 5.74) is 7.14. The molecule has 1 heterocycles. The molecule has 0 spiro atoms. The highest BCUT2D eigenvalue weighted by molar-refractivity contribution is 5.71. The Morgan fingerprint density at radius 3 is 2.10 bits per heavy atom. The van der Waals surface area contributed by atoms with Crippen LogP contribution >= 0.6 is 0 Å². The van der Waals surface area contributed by atoms with Gasteiger partial charge in [-0.3, -0.25) is 0 Å². The summed E-state index contributed by atoms with van der Waals surface area (Å²) in [7, 11) is 0. The lowest BCUT2D eigenvalue weighted by Crippen LogP contribution is -2.30. The van der Waals surface area contributed by atoms with Gasteiger partial charge in [0.25, 0.3) is 0 Å². The van der Waals surface area contributed by atoms with E-state index in [9.17, 15) is 10.5 Å². The first-order valence-electron chi connectivity index (χ1n) is 6.67. The Kier molecular flexibility index (Phi) is 3.74. The molecule has 2 rings (SSSR count). The molecular weight excluding hydrogens is 262 g/mol. The van der Waals surface area contributed by atoms with Gasteiger partial charge < -0.3 is 10.5 Å². The van der Waals surface area contributed by atoms with Crippen molar-refractivity contribution >= 4 is 5.76 Å². The summed E-state index contributed by atoms with van der Waals surface area (Å²) in [6, 6.07) is 13.6. The minimum absolute atomic E-state index is 0.0790. The molecule has 21 heavy (non-hydrogen) atoms. The monoisotopic (exact) mass is 279 g/mol. The van der Waals surface area contributed by atoms with Crippen molar-refractivity contribution in [1.29, 1.82) is 10.5 Å². The normalized spacial score (nSPS) is 18.8. The van der Waals surface area contributed by atoms with E-state index in [1.807, 2.05) is 51.1 Å². The fourth-order valence-corrected chi connectivity index (χ4v) is 2.54. The lowest BCUT2D eigenvalue weighted by molar-refractivity contribution is 0.278. The van der Waals surface area contributed by atoms with Gasteiger partial charge in [0, 0.05) is 11.5 Å². The van der Waals surface area contributed by atoms with Crippen LogP contribution in [0.2, 0.25) is 0 Å². The van der Waals surface area contributed by atoms with Gasteiger partial charge in [0.1, 0.15) is 6.07 Å². The van der Waals surface area contributed by atoms with E-state index >= 15 is 0 Å². The van der Waals surface area contributed by atoms with Crippen molar-refractivity contribution in [2.45, 2.75) is 20.8 Å². The maximum atomic E-state index is 9.60. The van der Waals surface area contributed by atoms with E-state index in [1.165, 1.54) is 0 Å². The van der Waals surface area contributed by atoms with Crippen molar-refractivity contribution in [2.75, 3.05) is 0 Å². The van der Waals surface area contributed by atoms with Gasteiger partial charge in [-0.05, 0) is 5.41 Å². The first-order valence-corrected chi connectivity index (χ1v) is 6.67. The van der Waals surface area contributed by atoms with Crippen molar-refractivity contribution in [3.05, 3.63) is 52.9 Å². The molecule has 1 unspecified atom stereocenters. The molecule has 1 aromatic rings. The largest absolute Gasteiger partial charge is 0.439 e. The van der Waals surface area contributed by atoms with Gasteiger partial charge in [-0.1, -0.05) is 51.1 Å². The molecule has 4 nitrogen and oxygen atoms in total. The molecule has 0 aliphatic carbocycles. The predicted octanol–water partition coefficient (Wildman–Crippen LogP) is 3.31. The highest BCUT2D eigenvalue weighted by atomic mass is 16.5. The van der Waals surface area contributed by atoms with Crippen molar-refractivity contribution in [3.63, 3.8) is 0 Å². The zero-order valence-corrected chi connectivity index (χ0v) is 12.3. The number of hydrogen-bond acceptors (Lipinski definition) is 4. The summed E-state index contributed by atoms with van der Waals surface area (Å²) in [5.74, 6) is 0.140. The van der Waals surface area contributed by atoms with Crippen LogP contribution in [0.15, 0.2) is 47.4 Å². The summed E-state index contributed by atoms with van der Waals surface area (Å²) in [6.45, 7) is 5.94. The molecule has 1 atom stereocenters. The average Bonchev–Trinajstić information content (AvgIpc) is 2.46. The molecule has 0 radical (unpaired) electrons. The van der Waals surface area contributed by atoms with Crippen LogP contribution in [0.25, 0.3) is 5.76 Å². The van der Waals surface area contributed by atoms with Gasteiger partial charge >= 0.3 is 0 Å². The Morgan fingerprint density at radius 1 is 1.05 bits per heavy atom. The van der Waals surface area contributed by atoms with Crippen LogP contribution in [0.3, 0.4) is 0 Å². The molecule has 0 aromatic heterocycles. The first kappa shape index (κ1) is 14.7. The van der Waals surface area contributed by atoms with E-state index in [2.05, 4.69) is 12.1 Å². The van der Waals surface area contributed by atoms with Crippen LogP contribution in [0.5, 0.6) is 0 Å². The third-order valence-corrected chi connectivity index (χ3v) is 3.44. The molecule has 1 aromatic carbocycles. The maximum absolute atomic E-state index is 9.60. The Bertz CT molecular complexity index is 694. The third kappa shape index (κ3) is 2.61. The Hall–Kier alpha value is -2.72. The maximum Gasteiger partial charge on any atom is 0.205 e. The zero-order valence-electron chi connectivity index (χ0n) is 12.3. The molecule has 0 fully saturated rings. The number of nitrogens with zero attached hydrogens (tertiary/aromatic N) is 2. The fraction of sp³-hybridized carbons (Fsp3) is 0.294. The molecule has 0 saturated carbocycles. The number of ether oxygens (including phenoxy) is 1. The summed E-state index contributed by atoms with van der Waals surface area (Å²) >= 11 is 0. The quantitative estimate of drug-likeness (QED) is 0.854. The van der Waals surface area contributed by atoms with Crippen LogP contribution in [-0.2, 0) is 4.74 Å². The molecule has 106 valence electrons. The number of nitriles is 2. The van der Waals surface area contributed by atoms with Gasteiger partial charge in [-0.2, -0.15) is 10.5 Å². The smallest absolute Gasteiger partial charge is 0.205 e. The van der Waals surface area contributed by atoms with E-state index in [-0.39, 0.29) is 17.2 Å². The van der Waals surface area contributed by atoms with Crippen LogP contribution in [0.4, 0.5) is 0 Å². The Balaban J connectivity index is 2.69. The van der Waals surface area contributed by atoms with E-state index in [1.54, 1.807) is 0 Å². The van der Waals surface area contributed by atoms with Gasteiger partial charge in [0.15, 0.2) is 5.76 Å². The standard InChI is InChI=1S/C17H17N3O/c1-17(2,3)14-12(9-18)15(11-7-5-4-6-8-11)21-16(20)13(14)10-19/h4-8,14H,20H2,1-3H3. The highest BCUT2D eigenvalue weighted by Crippen LogP contribution is 2.44. The zero-order chi connectivity index (χ0) is 15.6. The van der Waals surface area contributed by atoms with Gasteiger partial charge in [-0.15, -0.1) is 0 Å². The molecule has 1 aliphatic rings. The van der Waals surface area contributed by atoms with Crippen molar-refractivity contribution < 1.29 is 4.74 Å². The summed E-state index contributed by atoms with van der Waals surface area (Å²) < 4.78 is 5.60. The lowest BCUT2D eigenvalue weighted by atomic mass is 9.71. The SMILES string of the molecule is CC(C)(C)C1C(C#N)=C(N)OC(c2ccccc2)=C1C#N. The van der Waals surface area contributed by atoms with Crippen LogP contribution in [0.1, 0.15) is 26.3 Å². The van der Waals surface area contributed by atoms with Crippen molar-refractivity contribution in [1.82, 2.24) is 0 Å². The van der Waals surface area contributed by atoms with E-state index in [0.717, 1.165) is 5.56 Å². The molecule has 1 aliphatic heterocycles. The van der Waals surface area contributed by atoms with Gasteiger partial charge in [0.2, 0.25) is 5.88 Å². The second kappa shape index (κ2) is 5.34. The summed E-state index contributed by atoms with van der Waals surface area (Å²) in [4.78, 5) is 0. The molecule has 0 saturated heterocycles. The molecule has 2 N–H and O–H groups in total. The average molecular weight is 279 g/mol. The van der Waals surface area contributed by atoms with E-state index in [0.29, 0.717) is 16.9 Å². The third-order valence-electron chi connectivity index (χ3n) is 3.44. The highest BCUT2D eigenvalue weighted by Gasteiger charge is 2.39. The lowest BCUT2D eigenvalue weighted by Gasteiger charge is -2.34. The van der Waals surface area contributed by atoms with Crippen LogP contribution < -0.4 is 5.73 Å². The van der Waals surface area contributed by atoms with E-state index < -0.39 is 0 Å². The fourth-order valence-electron chi connectivity index (χ4n) is 2.54. The Morgan fingerprint density at radius 2 is 1.62 bits per heavy atom. The second-order valence-corrected chi connectivity index (χ2v) is 6.01. The van der Waals surface area contributed by atoms with Gasteiger partial charge in [0.05, 0.1) is 17.2 Å². The second-order valence-electron chi connectivity index (χ2n) is 6.01. The number of benzene rings is 1. The van der Waals surface area contributed by atoms with Crippen LogP contribution in [-0.4, -0.2) is 0 Å². The minimum Gasteiger partial charge on any atom is -0.439 e.